The monoisotopic (exact) mass is 445 g/mol. The third-order valence-corrected chi connectivity index (χ3v) is 7.67. The molecule has 6 nitrogen and oxygen atoms in total. The molecule has 2 fully saturated rings. The molecule has 2 aliphatic carbocycles. The molecular formula is C27H31N3O3. The standard InChI is InChI=1S/C27H31N3O3/c1-18(20-13-14-20)29(17-19-9-5-4-6-10-19)23(31)26(2,3)30-24(32)27(28-25(30)33)16-15-21-11-7-8-12-22(21)27/h4-12,18,20H,13-17H2,1-3H3,(H,28,33). The molecule has 2 atom stereocenters. The third kappa shape index (κ3) is 3.43. The van der Waals surface area contributed by atoms with E-state index in [0.717, 1.165) is 36.0 Å². The summed E-state index contributed by atoms with van der Waals surface area (Å²) in [6, 6.07) is 17.2. The van der Waals surface area contributed by atoms with Crippen molar-refractivity contribution < 1.29 is 14.4 Å². The third-order valence-electron chi connectivity index (χ3n) is 7.67. The highest BCUT2D eigenvalue weighted by Gasteiger charge is 2.60. The van der Waals surface area contributed by atoms with Gasteiger partial charge >= 0.3 is 6.03 Å². The van der Waals surface area contributed by atoms with Gasteiger partial charge in [-0.2, -0.15) is 0 Å². The van der Waals surface area contributed by atoms with Gasteiger partial charge in [-0.15, -0.1) is 0 Å². The lowest BCUT2D eigenvalue weighted by molar-refractivity contribution is -0.151. The van der Waals surface area contributed by atoms with Crippen molar-refractivity contribution >= 4 is 17.8 Å². The normalized spacial score (nSPS) is 22.9. The lowest BCUT2D eigenvalue weighted by atomic mass is 9.90. The predicted molar refractivity (Wildman–Crippen MR) is 125 cm³/mol. The lowest BCUT2D eigenvalue weighted by Gasteiger charge is -2.40. The topological polar surface area (TPSA) is 69.7 Å². The first-order chi connectivity index (χ1) is 15.8. The zero-order valence-electron chi connectivity index (χ0n) is 19.5. The summed E-state index contributed by atoms with van der Waals surface area (Å²) in [5, 5.41) is 2.97. The molecule has 1 spiro atoms. The maximum absolute atomic E-state index is 14.0. The number of urea groups is 1. The average molecular weight is 446 g/mol. The van der Waals surface area contributed by atoms with Crippen molar-refractivity contribution in [2.45, 2.75) is 70.1 Å². The molecule has 0 aromatic heterocycles. The highest BCUT2D eigenvalue weighted by molar-refractivity contribution is 6.11. The van der Waals surface area contributed by atoms with Crippen LogP contribution in [-0.2, 0) is 28.1 Å². The number of fused-ring (bicyclic) bond motifs is 2. The number of amides is 4. The number of benzene rings is 2. The minimum atomic E-state index is -1.31. The van der Waals surface area contributed by atoms with Gasteiger partial charge in [0.05, 0.1) is 0 Å². The summed E-state index contributed by atoms with van der Waals surface area (Å²) in [6.07, 6.45) is 3.44. The number of imide groups is 1. The van der Waals surface area contributed by atoms with E-state index in [2.05, 4.69) is 12.2 Å². The van der Waals surface area contributed by atoms with Crippen LogP contribution in [0.25, 0.3) is 0 Å². The molecule has 2 aromatic carbocycles. The summed E-state index contributed by atoms with van der Waals surface area (Å²) in [7, 11) is 0. The Morgan fingerprint density at radius 1 is 1.12 bits per heavy atom. The Morgan fingerprint density at radius 3 is 2.48 bits per heavy atom. The van der Waals surface area contributed by atoms with Crippen molar-refractivity contribution in [1.82, 2.24) is 15.1 Å². The molecule has 6 heteroatoms. The number of carbonyl (C=O) groups is 3. The number of carbonyl (C=O) groups excluding carboxylic acids is 3. The molecule has 0 radical (unpaired) electrons. The molecule has 0 bridgehead atoms. The van der Waals surface area contributed by atoms with Crippen LogP contribution >= 0.6 is 0 Å². The first kappa shape index (κ1) is 21.7. The Balaban J connectivity index is 1.47. The average Bonchev–Trinajstić information content (AvgIpc) is 3.54. The Kier molecular flexibility index (Phi) is 5.07. The fraction of sp³-hybridized carbons (Fsp3) is 0.444. The van der Waals surface area contributed by atoms with E-state index in [0.29, 0.717) is 18.9 Å². The summed E-state index contributed by atoms with van der Waals surface area (Å²) in [5.74, 6) is -0.0586. The second-order valence-electron chi connectivity index (χ2n) is 10.2. The van der Waals surface area contributed by atoms with E-state index in [1.54, 1.807) is 13.8 Å². The molecule has 1 saturated carbocycles. The van der Waals surface area contributed by atoms with E-state index in [1.807, 2.05) is 59.5 Å². The molecule has 172 valence electrons. The SMILES string of the molecule is CC(C1CC1)N(Cc1ccccc1)C(=O)C(C)(C)N1C(=O)NC2(CCc3ccccc32)C1=O. The van der Waals surface area contributed by atoms with Gasteiger partial charge in [0.2, 0.25) is 5.91 Å². The van der Waals surface area contributed by atoms with Crippen LogP contribution in [0.15, 0.2) is 54.6 Å². The summed E-state index contributed by atoms with van der Waals surface area (Å²) in [6.45, 7) is 5.93. The van der Waals surface area contributed by atoms with E-state index < -0.39 is 17.1 Å². The minimum absolute atomic E-state index is 0.0407. The molecule has 3 aliphatic rings. The predicted octanol–water partition coefficient (Wildman–Crippen LogP) is 3.99. The van der Waals surface area contributed by atoms with Crippen LogP contribution in [0.3, 0.4) is 0 Å². The van der Waals surface area contributed by atoms with E-state index in [-0.39, 0.29) is 17.9 Å². The highest BCUT2D eigenvalue weighted by atomic mass is 16.2. The second kappa shape index (κ2) is 7.72. The maximum atomic E-state index is 14.0. The fourth-order valence-electron chi connectivity index (χ4n) is 5.51. The van der Waals surface area contributed by atoms with Gasteiger partial charge in [0.25, 0.3) is 5.91 Å². The van der Waals surface area contributed by atoms with Crippen LogP contribution in [0, 0.1) is 5.92 Å². The Morgan fingerprint density at radius 2 is 1.79 bits per heavy atom. The highest BCUT2D eigenvalue weighted by Crippen LogP contribution is 2.44. The summed E-state index contributed by atoms with van der Waals surface area (Å²) in [4.78, 5) is 44.1. The molecular weight excluding hydrogens is 414 g/mol. The van der Waals surface area contributed by atoms with Crippen molar-refractivity contribution in [3.63, 3.8) is 0 Å². The zero-order valence-corrected chi connectivity index (χ0v) is 19.5. The van der Waals surface area contributed by atoms with Crippen LogP contribution in [0.5, 0.6) is 0 Å². The lowest BCUT2D eigenvalue weighted by Crippen LogP contribution is -2.60. The molecule has 2 aromatic rings. The Hall–Kier alpha value is -3.15. The summed E-state index contributed by atoms with van der Waals surface area (Å²) in [5.41, 5.74) is 0.580. The molecule has 33 heavy (non-hydrogen) atoms. The van der Waals surface area contributed by atoms with Crippen LogP contribution in [0.4, 0.5) is 4.79 Å². The van der Waals surface area contributed by atoms with E-state index in [9.17, 15) is 14.4 Å². The largest absolute Gasteiger partial charge is 0.333 e. The molecule has 5 rings (SSSR count). The van der Waals surface area contributed by atoms with E-state index in [4.69, 9.17) is 0 Å². The number of aryl methyl sites for hydroxylation is 1. The van der Waals surface area contributed by atoms with Crippen LogP contribution in [-0.4, -0.2) is 39.2 Å². The summed E-state index contributed by atoms with van der Waals surface area (Å²) < 4.78 is 0. The maximum Gasteiger partial charge on any atom is 0.326 e. The minimum Gasteiger partial charge on any atom is -0.333 e. The molecule has 1 aliphatic heterocycles. The van der Waals surface area contributed by atoms with Gasteiger partial charge < -0.3 is 10.2 Å². The van der Waals surface area contributed by atoms with Gasteiger partial charge in [-0.3, -0.25) is 9.59 Å². The summed E-state index contributed by atoms with van der Waals surface area (Å²) >= 11 is 0. The van der Waals surface area contributed by atoms with Crippen molar-refractivity contribution in [2.24, 2.45) is 5.92 Å². The fourth-order valence-corrected chi connectivity index (χ4v) is 5.51. The first-order valence-corrected chi connectivity index (χ1v) is 11.9. The Labute approximate surface area is 194 Å². The van der Waals surface area contributed by atoms with E-state index in [1.165, 1.54) is 4.90 Å². The van der Waals surface area contributed by atoms with Gasteiger partial charge in [0, 0.05) is 12.6 Å². The van der Waals surface area contributed by atoms with Gasteiger partial charge in [-0.05, 0) is 69.1 Å². The number of nitrogens with zero attached hydrogens (tertiary/aromatic N) is 2. The number of hydrogen-bond acceptors (Lipinski definition) is 3. The number of nitrogens with one attached hydrogen (secondary N) is 1. The van der Waals surface area contributed by atoms with Gasteiger partial charge in [-0.25, -0.2) is 9.69 Å². The van der Waals surface area contributed by atoms with Crippen molar-refractivity contribution in [1.29, 1.82) is 0 Å². The van der Waals surface area contributed by atoms with Crippen LogP contribution in [0.1, 0.15) is 56.7 Å². The van der Waals surface area contributed by atoms with Crippen LogP contribution < -0.4 is 5.32 Å². The second-order valence-corrected chi connectivity index (χ2v) is 10.2. The number of rotatable bonds is 6. The van der Waals surface area contributed by atoms with Crippen molar-refractivity contribution in [3.8, 4) is 0 Å². The van der Waals surface area contributed by atoms with Crippen molar-refractivity contribution in [3.05, 3.63) is 71.3 Å². The zero-order chi connectivity index (χ0) is 23.4. The van der Waals surface area contributed by atoms with Crippen LogP contribution in [0.2, 0.25) is 0 Å². The molecule has 2 unspecified atom stereocenters. The first-order valence-electron chi connectivity index (χ1n) is 11.9. The molecule has 1 saturated heterocycles. The molecule has 1 N–H and O–H groups in total. The number of hydrogen-bond donors (Lipinski definition) is 1. The van der Waals surface area contributed by atoms with Crippen molar-refractivity contribution in [2.75, 3.05) is 0 Å². The Bertz CT molecular complexity index is 1110. The quantitative estimate of drug-likeness (QED) is 0.684. The molecule has 4 amide bonds. The van der Waals surface area contributed by atoms with Gasteiger partial charge in [0.1, 0.15) is 11.1 Å². The smallest absolute Gasteiger partial charge is 0.326 e. The van der Waals surface area contributed by atoms with Gasteiger partial charge in [-0.1, -0.05) is 54.6 Å². The van der Waals surface area contributed by atoms with E-state index >= 15 is 0 Å². The van der Waals surface area contributed by atoms with Gasteiger partial charge in [0.15, 0.2) is 0 Å². The molecule has 1 heterocycles.